The van der Waals surface area contributed by atoms with Gasteiger partial charge in [-0.15, -0.1) is 0 Å². The second-order valence-electron chi connectivity index (χ2n) is 3.14. The van der Waals surface area contributed by atoms with Crippen LogP contribution in [0.2, 0.25) is 0 Å². The molecule has 15 heavy (non-hydrogen) atoms. The molecule has 0 aromatic carbocycles. The molecule has 0 amide bonds. The molecular formula is C11H13NO3. The molecule has 80 valence electrons. The van der Waals surface area contributed by atoms with Crippen molar-refractivity contribution in [2.24, 2.45) is 0 Å². The first-order chi connectivity index (χ1) is 7.24. The Labute approximate surface area is 87.6 Å². The maximum absolute atomic E-state index is 10.4. The van der Waals surface area contributed by atoms with Crippen LogP contribution in [0.1, 0.15) is 17.7 Å². The van der Waals surface area contributed by atoms with Crippen molar-refractivity contribution in [2.75, 3.05) is 0 Å². The van der Waals surface area contributed by atoms with Crippen molar-refractivity contribution in [1.82, 2.24) is 4.98 Å². The molecule has 0 aliphatic rings. The number of carboxylic acids is 1. The summed E-state index contributed by atoms with van der Waals surface area (Å²) in [5, 5.41) is 8.55. The van der Waals surface area contributed by atoms with Crippen molar-refractivity contribution in [2.45, 2.75) is 19.3 Å². The summed E-state index contributed by atoms with van der Waals surface area (Å²) in [6.07, 6.45) is 6.94. The van der Waals surface area contributed by atoms with Crippen LogP contribution in [0.15, 0.2) is 24.4 Å². The zero-order valence-electron chi connectivity index (χ0n) is 8.27. The summed E-state index contributed by atoms with van der Waals surface area (Å²) in [7, 11) is 0. The van der Waals surface area contributed by atoms with Gasteiger partial charge in [-0.3, -0.25) is 9.59 Å². The highest BCUT2D eigenvalue weighted by Crippen LogP contribution is 2.10. The van der Waals surface area contributed by atoms with Crippen molar-refractivity contribution >= 4 is 12.3 Å². The number of allylic oxidation sites excluding steroid dienone is 2. The van der Waals surface area contributed by atoms with Crippen molar-refractivity contribution in [3.63, 3.8) is 0 Å². The third kappa shape index (κ3) is 3.81. The molecule has 0 atom stereocenters. The number of rotatable bonds is 6. The Bertz CT molecular complexity index is 366. The highest BCUT2D eigenvalue weighted by molar-refractivity contribution is 5.67. The van der Waals surface area contributed by atoms with Crippen LogP contribution in [-0.4, -0.2) is 22.3 Å². The Balaban J connectivity index is 2.56. The SMILES string of the molecule is O=C/C=C/Cc1[nH]ccc1CCC(=O)O. The van der Waals surface area contributed by atoms with Gasteiger partial charge in [0.05, 0.1) is 0 Å². The average Bonchev–Trinajstić information content (AvgIpc) is 2.63. The molecule has 0 saturated carbocycles. The zero-order valence-corrected chi connectivity index (χ0v) is 8.27. The largest absolute Gasteiger partial charge is 0.481 e. The van der Waals surface area contributed by atoms with Crippen LogP contribution in [0.25, 0.3) is 0 Å². The highest BCUT2D eigenvalue weighted by atomic mass is 16.4. The number of aliphatic carboxylic acids is 1. The van der Waals surface area contributed by atoms with Crippen LogP contribution in [0, 0.1) is 0 Å². The van der Waals surface area contributed by atoms with Gasteiger partial charge in [-0.2, -0.15) is 0 Å². The Hall–Kier alpha value is -1.84. The van der Waals surface area contributed by atoms with Gasteiger partial charge >= 0.3 is 5.97 Å². The molecule has 0 unspecified atom stereocenters. The van der Waals surface area contributed by atoms with E-state index in [1.165, 1.54) is 6.08 Å². The first kappa shape index (κ1) is 11.2. The number of nitrogens with one attached hydrogen (secondary N) is 1. The predicted octanol–water partition coefficient (Wildman–Crippen LogP) is 1.33. The molecule has 0 radical (unpaired) electrons. The summed E-state index contributed by atoms with van der Waals surface area (Å²) in [4.78, 5) is 23.5. The maximum Gasteiger partial charge on any atom is 0.303 e. The van der Waals surface area contributed by atoms with E-state index in [1.807, 2.05) is 6.07 Å². The Morgan fingerprint density at radius 2 is 2.33 bits per heavy atom. The van der Waals surface area contributed by atoms with Gasteiger partial charge in [-0.25, -0.2) is 0 Å². The van der Waals surface area contributed by atoms with E-state index in [-0.39, 0.29) is 6.42 Å². The number of hydrogen-bond donors (Lipinski definition) is 2. The van der Waals surface area contributed by atoms with Gasteiger partial charge in [0.2, 0.25) is 0 Å². The van der Waals surface area contributed by atoms with Crippen molar-refractivity contribution in [1.29, 1.82) is 0 Å². The van der Waals surface area contributed by atoms with Crippen molar-refractivity contribution in [3.8, 4) is 0 Å². The van der Waals surface area contributed by atoms with E-state index in [4.69, 9.17) is 5.11 Å². The van der Waals surface area contributed by atoms with E-state index in [9.17, 15) is 9.59 Å². The van der Waals surface area contributed by atoms with Crippen LogP contribution in [-0.2, 0) is 22.4 Å². The Morgan fingerprint density at radius 3 is 3.00 bits per heavy atom. The zero-order chi connectivity index (χ0) is 11.1. The molecule has 4 heteroatoms. The first-order valence-electron chi connectivity index (χ1n) is 4.71. The fourth-order valence-electron chi connectivity index (χ4n) is 1.34. The lowest BCUT2D eigenvalue weighted by Gasteiger charge is -1.99. The van der Waals surface area contributed by atoms with Crippen molar-refractivity contribution in [3.05, 3.63) is 35.7 Å². The molecule has 0 aliphatic heterocycles. The number of aromatic amines is 1. The lowest BCUT2D eigenvalue weighted by molar-refractivity contribution is -0.136. The molecular weight excluding hydrogens is 194 g/mol. The molecule has 1 aromatic rings. The minimum atomic E-state index is -0.800. The number of hydrogen-bond acceptors (Lipinski definition) is 2. The number of H-pyrrole nitrogens is 1. The summed E-state index contributed by atoms with van der Waals surface area (Å²) in [6, 6.07) is 1.87. The van der Waals surface area contributed by atoms with E-state index in [2.05, 4.69) is 4.98 Å². The normalized spacial score (nSPS) is 10.7. The molecule has 1 heterocycles. The molecule has 1 rings (SSSR count). The van der Waals surface area contributed by atoms with E-state index < -0.39 is 5.97 Å². The molecule has 0 aliphatic carbocycles. The summed E-state index contributed by atoms with van der Waals surface area (Å²) in [6.45, 7) is 0. The van der Waals surface area contributed by atoms with Crippen LogP contribution >= 0.6 is 0 Å². The van der Waals surface area contributed by atoms with Gasteiger partial charge in [0.25, 0.3) is 0 Å². The topological polar surface area (TPSA) is 70.2 Å². The molecule has 0 bridgehead atoms. The molecule has 1 aromatic heterocycles. The summed E-state index contributed by atoms with van der Waals surface area (Å²) < 4.78 is 0. The van der Waals surface area contributed by atoms with Crippen LogP contribution in [0.5, 0.6) is 0 Å². The van der Waals surface area contributed by atoms with E-state index in [1.54, 1.807) is 12.3 Å². The number of carbonyl (C=O) groups is 2. The number of aryl methyl sites for hydroxylation is 1. The summed E-state index contributed by atoms with van der Waals surface area (Å²) in [5.74, 6) is -0.800. The summed E-state index contributed by atoms with van der Waals surface area (Å²) in [5.41, 5.74) is 1.96. The van der Waals surface area contributed by atoms with Crippen LogP contribution in [0.4, 0.5) is 0 Å². The third-order valence-corrected chi connectivity index (χ3v) is 2.07. The van der Waals surface area contributed by atoms with E-state index in [0.29, 0.717) is 12.8 Å². The van der Waals surface area contributed by atoms with Crippen LogP contribution in [0.3, 0.4) is 0 Å². The van der Waals surface area contributed by atoms with Gasteiger partial charge in [0, 0.05) is 24.7 Å². The van der Waals surface area contributed by atoms with Gasteiger partial charge in [0.1, 0.15) is 6.29 Å². The lowest BCUT2D eigenvalue weighted by Crippen LogP contribution is -1.98. The fourth-order valence-corrected chi connectivity index (χ4v) is 1.34. The molecule has 2 N–H and O–H groups in total. The summed E-state index contributed by atoms with van der Waals surface area (Å²) >= 11 is 0. The third-order valence-electron chi connectivity index (χ3n) is 2.07. The Kier molecular flexibility index (Phi) is 4.34. The number of carboxylic acid groups (broad SMARTS) is 1. The second-order valence-corrected chi connectivity index (χ2v) is 3.14. The first-order valence-corrected chi connectivity index (χ1v) is 4.71. The minimum absolute atomic E-state index is 0.127. The predicted molar refractivity (Wildman–Crippen MR) is 55.7 cm³/mol. The lowest BCUT2D eigenvalue weighted by atomic mass is 10.1. The van der Waals surface area contributed by atoms with Gasteiger partial charge in [0.15, 0.2) is 0 Å². The Morgan fingerprint density at radius 1 is 1.53 bits per heavy atom. The maximum atomic E-state index is 10.4. The second kappa shape index (κ2) is 5.80. The monoisotopic (exact) mass is 207 g/mol. The standard InChI is InChI=1S/C11H13NO3/c13-8-2-1-3-10-9(6-7-12-10)4-5-11(14)15/h1-2,6-8,12H,3-5H2,(H,14,15)/b2-1+. The molecule has 0 spiro atoms. The van der Waals surface area contributed by atoms with Gasteiger partial charge in [-0.1, -0.05) is 6.08 Å². The van der Waals surface area contributed by atoms with E-state index in [0.717, 1.165) is 17.5 Å². The molecule has 4 nitrogen and oxygen atoms in total. The highest BCUT2D eigenvalue weighted by Gasteiger charge is 2.04. The number of carbonyl (C=O) groups excluding carboxylic acids is 1. The average molecular weight is 207 g/mol. The van der Waals surface area contributed by atoms with Gasteiger partial charge in [-0.05, 0) is 24.1 Å². The molecule has 0 saturated heterocycles. The van der Waals surface area contributed by atoms with Gasteiger partial charge < -0.3 is 10.1 Å². The van der Waals surface area contributed by atoms with E-state index >= 15 is 0 Å². The van der Waals surface area contributed by atoms with Crippen LogP contribution < -0.4 is 0 Å². The quantitative estimate of drug-likeness (QED) is 0.546. The number of aldehydes is 1. The van der Waals surface area contributed by atoms with Crippen molar-refractivity contribution < 1.29 is 14.7 Å². The fraction of sp³-hybridized carbons (Fsp3) is 0.273. The number of aromatic nitrogens is 1. The molecule has 0 fully saturated rings. The minimum Gasteiger partial charge on any atom is -0.481 e. The smallest absolute Gasteiger partial charge is 0.303 e.